The van der Waals surface area contributed by atoms with Gasteiger partial charge >= 0.3 is 0 Å². The summed E-state index contributed by atoms with van der Waals surface area (Å²) in [6.45, 7) is 1.86. The van der Waals surface area contributed by atoms with Crippen LogP contribution in [0, 0.1) is 12.7 Å². The molecule has 0 saturated heterocycles. The van der Waals surface area contributed by atoms with Crippen molar-refractivity contribution in [1.82, 2.24) is 9.71 Å². The van der Waals surface area contributed by atoms with E-state index in [1.165, 1.54) is 23.1 Å². The molecule has 1 heterocycles. The van der Waals surface area contributed by atoms with Gasteiger partial charge in [-0.1, -0.05) is 0 Å². The van der Waals surface area contributed by atoms with Crippen molar-refractivity contribution < 1.29 is 17.6 Å². The Kier molecular flexibility index (Phi) is 6.94. The van der Waals surface area contributed by atoms with E-state index in [9.17, 15) is 17.6 Å². The molecule has 0 aliphatic carbocycles. The Bertz CT molecular complexity index is 822. The number of nitrogens with one attached hydrogen (secondary N) is 2. The highest BCUT2D eigenvalue weighted by atomic mass is 32.2. The lowest BCUT2D eigenvalue weighted by Crippen LogP contribution is -2.44. The number of sulfonamides is 1. The first-order chi connectivity index (χ1) is 11.8. The van der Waals surface area contributed by atoms with E-state index in [1.807, 2.05) is 13.2 Å². The Morgan fingerprint density at radius 1 is 1.36 bits per heavy atom. The van der Waals surface area contributed by atoms with Gasteiger partial charge in [0.1, 0.15) is 11.9 Å². The predicted molar refractivity (Wildman–Crippen MR) is 99.0 cm³/mol. The summed E-state index contributed by atoms with van der Waals surface area (Å²) in [4.78, 5) is 17.3. The molecule has 0 radical (unpaired) electrons. The van der Waals surface area contributed by atoms with Crippen LogP contribution in [-0.2, 0) is 14.8 Å². The van der Waals surface area contributed by atoms with Gasteiger partial charge in [0.15, 0.2) is 5.13 Å². The summed E-state index contributed by atoms with van der Waals surface area (Å²) in [7, 11) is -3.94. The molecule has 0 bridgehead atoms. The molecule has 10 heteroatoms. The number of anilines is 1. The van der Waals surface area contributed by atoms with Gasteiger partial charge in [-0.15, -0.1) is 11.3 Å². The third-order valence-electron chi connectivity index (χ3n) is 3.20. The van der Waals surface area contributed by atoms with E-state index in [4.69, 9.17) is 0 Å². The van der Waals surface area contributed by atoms with Crippen LogP contribution in [0.1, 0.15) is 11.3 Å². The molecule has 2 rings (SSSR count). The number of nitrogens with zero attached hydrogens (tertiary/aromatic N) is 1. The van der Waals surface area contributed by atoms with Crippen LogP contribution >= 0.6 is 23.1 Å². The third kappa shape index (κ3) is 5.77. The van der Waals surface area contributed by atoms with Crippen LogP contribution in [0.3, 0.4) is 0 Å². The number of thiazole rings is 1. The SMILES string of the molecule is CSCC[C@H](NS(=O)(=O)c1ccc(F)cc1)C(=O)Nc1ncc(C)s1. The topological polar surface area (TPSA) is 88.2 Å². The molecule has 1 amide bonds. The van der Waals surface area contributed by atoms with Crippen LogP contribution in [0.5, 0.6) is 0 Å². The largest absolute Gasteiger partial charge is 0.301 e. The summed E-state index contributed by atoms with van der Waals surface area (Å²) in [5.74, 6) is -0.412. The second-order valence-corrected chi connectivity index (χ2v) is 9.11. The molecule has 0 unspecified atom stereocenters. The van der Waals surface area contributed by atoms with Crippen molar-refractivity contribution in [3.05, 3.63) is 41.2 Å². The molecule has 1 aromatic carbocycles. The molecule has 1 aromatic heterocycles. The molecule has 25 heavy (non-hydrogen) atoms. The maximum absolute atomic E-state index is 13.0. The first-order valence-electron chi connectivity index (χ1n) is 7.32. The minimum absolute atomic E-state index is 0.0963. The molecule has 6 nitrogen and oxygen atoms in total. The molecule has 0 aliphatic rings. The summed E-state index contributed by atoms with van der Waals surface area (Å²) in [5.41, 5.74) is 0. The second kappa shape index (κ2) is 8.75. The quantitative estimate of drug-likeness (QED) is 0.707. The van der Waals surface area contributed by atoms with Crippen molar-refractivity contribution in [3.63, 3.8) is 0 Å². The molecule has 136 valence electrons. The van der Waals surface area contributed by atoms with Crippen molar-refractivity contribution in [1.29, 1.82) is 0 Å². The summed E-state index contributed by atoms with van der Waals surface area (Å²) >= 11 is 2.81. The van der Waals surface area contributed by atoms with Crippen LogP contribution in [0.4, 0.5) is 9.52 Å². The van der Waals surface area contributed by atoms with Crippen LogP contribution in [0.2, 0.25) is 0 Å². The normalized spacial score (nSPS) is 12.8. The monoisotopic (exact) mass is 403 g/mol. The highest BCUT2D eigenvalue weighted by Gasteiger charge is 2.26. The van der Waals surface area contributed by atoms with Gasteiger partial charge < -0.3 is 5.32 Å². The molecule has 1 atom stereocenters. The minimum Gasteiger partial charge on any atom is -0.301 e. The maximum atomic E-state index is 13.0. The van der Waals surface area contributed by atoms with E-state index in [0.717, 1.165) is 29.1 Å². The summed E-state index contributed by atoms with van der Waals surface area (Å²) in [6.07, 6.45) is 3.81. The zero-order valence-corrected chi connectivity index (χ0v) is 16.1. The number of aryl methyl sites for hydroxylation is 1. The number of hydrogen-bond donors (Lipinski definition) is 2. The Balaban J connectivity index is 2.15. The van der Waals surface area contributed by atoms with Gasteiger partial charge in [0.05, 0.1) is 4.90 Å². The van der Waals surface area contributed by atoms with E-state index in [0.29, 0.717) is 17.3 Å². The number of rotatable bonds is 8. The van der Waals surface area contributed by atoms with Gasteiger partial charge in [-0.3, -0.25) is 4.79 Å². The van der Waals surface area contributed by atoms with E-state index >= 15 is 0 Å². The van der Waals surface area contributed by atoms with Crippen molar-refractivity contribution in [2.75, 3.05) is 17.3 Å². The Morgan fingerprint density at radius 3 is 2.60 bits per heavy atom. The Morgan fingerprint density at radius 2 is 2.04 bits per heavy atom. The molecule has 0 spiro atoms. The van der Waals surface area contributed by atoms with Gasteiger partial charge in [-0.2, -0.15) is 16.5 Å². The lowest BCUT2D eigenvalue weighted by Gasteiger charge is -2.17. The van der Waals surface area contributed by atoms with Gasteiger partial charge in [0.2, 0.25) is 15.9 Å². The predicted octanol–water partition coefficient (Wildman–Crippen LogP) is 2.63. The van der Waals surface area contributed by atoms with Crippen molar-refractivity contribution in [2.45, 2.75) is 24.3 Å². The average molecular weight is 404 g/mol. The number of thioether (sulfide) groups is 1. The molecular formula is C15H18FN3O3S3. The Hall–Kier alpha value is -1.49. The van der Waals surface area contributed by atoms with Gasteiger partial charge in [0, 0.05) is 11.1 Å². The van der Waals surface area contributed by atoms with Crippen molar-refractivity contribution in [3.8, 4) is 0 Å². The van der Waals surface area contributed by atoms with E-state index in [1.54, 1.807) is 6.20 Å². The highest BCUT2D eigenvalue weighted by Crippen LogP contribution is 2.18. The number of amides is 1. The van der Waals surface area contributed by atoms with E-state index < -0.39 is 27.8 Å². The smallest absolute Gasteiger partial charge is 0.244 e. The van der Waals surface area contributed by atoms with Gasteiger partial charge in [-0.05, 0) is 49.6 Å². The third-order valence-corrected chi connectivity index (χ3v) is 6.16. The highest BCUT2D eigenvalue weighted by molar-refractivity contribution is 7.98. The first-order valence-corrected chi connectivity index (χ1v) is 11.0. The molecule has 0 aliphatic heterocycles. The number of carbonyl (C=O) groups excluding carboxylic acids is 1. The number of halogens is 1. The van der Waals surface area contributed by atoms with Crippen LogP contribution < -0.4 is 10.0 Å². The average Bonchev–Trinajstić information content (AvgIpc) is 2.96. The van der Waals surface area contributed by atoms with E-state index in [-0.39, 0.29) is 4.90 Å². The van der Waals surface area contributed by atoms with Crippen LogP contribution in [-0.4, -0.2) is 37.4 Å². The van der Waals surface area contributed by atoms with Crippen LogP contribution in [0.15, 0.2) is 35.4 Å². The molecule has 0 saturated carbocycles. The fraction of sp³-hybridized carbons (Fsp3) is 0.333. The lowest BCUT2D eigenvalue weighted by molar-refractivity contribution is -0.117. The van der Waals surface area contributed by atoms with E-state index in [2.05, 4.69) is 15.0 Å². The summed E-state index contributed by atoms with van der Waals surface area (Å²) in [6, 6.07) is 3.48. The Labute approximate surface area is 154 Å². The molecule has 2 aromatic rings. The first kappa shape index (κ1) is 19.8. The summed E-state index contributed by atoms with van der Waals surface area (Å²) in [5, 5.41) is 3.04. The minimum atomic E-state index is -3.94. The molecule has 0 fully saturated rings. The zero-order chi connectivity index (χ0) is 18.4. The zero-order valence-electron chi connectivity index (χ0n) is 13.7. The summed E-state index contributed by atoms with van der Waals surface area (Å²) < 4.78 is 40.3. The fourth-order valence-corrected chi connectivity index (χ4v) is 4.32. The number of aromatic nitrogens is 1. The van der Waals surface area contributed by atoms with Gasteiger partial charge in [-0.25, -0.2) is 17.8 Å². The fourth-order valence-electron chi connectivity index (χ4n) is 1.95. The second-order valence-electron chi connectivity index (χ2n) is 5.17. The number of carbonyl (C=O) groups is 1. The number of benzene rings is 1. The van der Waals surface area contributed by atoms with Crippen LogP contribution in [0.25, 0.3) is 0 Å². The lowest BCUT2D eigenvalue weighted by atomic mass is 10.2. The standard InChI is InChI=1S/C15H18FN3O3S3/c1-10-9-17-15(24-10)18-14(20)13(7-8-23-2)19-25(21,22)12-5-3-11(16)4-6-12/h3-6,9,13,19H,7-8H2,1-2H3,(H,17,18,20)/t13-/m0/s1. The molecule has 2 N–H and O–H groups in total. The maximum Gasteiger partial charge on any atom is 0.244 e. The molecular weight excluding hydrogens is 385 g/mol. The van der Waals surface area contributed by atoms with Crippen molar-refractivity contribution in [2.24, 2.45) is 0 Å². The van der Waals surface area contributed by atoms with Crippen molar-refractivity contribution >= 4 is 44.2 Å². The number of hydrogen-bond acceptors (Lipinski definition) is 6. The van der Waals surface area contributed by atoms with Gasteiger partial charge in [0.25, 0.3) is 0 Å².